The van der Waals surface area contributed by atoms with Crippen molar-refractivity contribution in [2.24, 2.45) is 5.73 Å². The Morgan fingerprint density at radius 2 is 2.08 bits per heavy atom. The lowest BCUT2D eigenvalue weighted by molar-refractivity contribution is 0.403. The largest absolute Gasteiger partial charge is 0.504 e. The van der Waals surface area contributed by atoms with Crippen LogP contribution in [0, 0.1) is 0 Å². The third kappa shape index (κ3) is 2.45. The number of phenolic OH excluding ortho intramolecular Hbond substituents is 2. The zero-order valence-corrected chi connectivity index (χ0v) is 6.90. The summed E-state index contributed by atoms with van der Waals surface area (Å²) in [6, 6.07) is 3.62. The predicted octanol–water partition coefficient (Wildman–Crippen LogP) is 0.0773. The molecular formula is C9H10NO3. The molecule has 1 radical (unpaired) electrons. The first-order valence-corrected chi connectivity index (χ1v) is 3.77. The topological polar surface area (TPSA) is 83.6 Å². The Kier molecular flexibility index (Phi) is 2.87. The van der Waals surface area contributed by atoms with Crippen molar-refractivity contribution >= 4 is 6.29 Å². The first kappa shape index (κ1) is 9.54. The molecule has 1 atom stereocenters. The smallest absolute Gasteiger partial charge is 0.217 e. The number of phenols is 2. The fourth-order valence-corrected chi connectivity index (χ4v) is 0.992. The molecule has 0 heterocycles. The van der Waals surface area contributed by atoms with Gasteiger partial charge in [0, 0.05) is 0 Å². The molecule has 0 aliphatic rings. The van der Waals surface area contributed by atoms with Gasteiger partial charge in [-0.05, 0) is 24.1 Å². The first-order valence-electron chi connectivity index (χ1n) is 3.77. The van der Waals surface area contributed by atoms with Crippen LogP contribution in [-0.4, -0.2) is 22.5 Å². The molecule has 1 aromatic carbocycles. The summed E-state index contributed by atoms with van der Waals surface area (Å²) in [7, 11) is 0. The second-order valence-electron chi connectivity index (χ2n) is 2.75. The van der Waals surface area contributed by atoms with Crippen molar-refractivity contribution in [3.8, 4) is 11.5 Å². The molecule has 0 spiro atoms. The number of nitrogens with two attached hydrogens (primary N) is 1. The summed E-state index contributed by atoms with van der Waals surface area (Å²) in [5.41, 5.74) is 6.01. The number of rotatable bonds is 3. The lowest BCUT2D eigenvalue weighted by Gasteiger charge is -2.04. The van der Waals surface area contributed by atoms with E-state index >= 15 is 0 Å². The zero-order valence-electron chi connectivity index (χ0n) is 6.90. The molecule has 0 fully saturated rings. The monoisotopic (exact) mass is 180 g/mol. The van der Waals surface area contributed by atoms with Gasteiger partial charge in [-0.25, -0.2) is 0 Å². The highest BCUT2D eigenvalue weighted by atomic mass is 16.3. The van der Waals surface area contributed by atoms with Crippen LogP contribution >= 0.6 is 0 Å². The minimum Gasteiger partial charge on any atom is -0.504 e. The Morgan fingerprint density at radius 3 is 2.62 bits per heavy atom. The minimum absolute atomic E-state index is 0.188. The quantitative estimate of drug-likeness (QED) is 0.575. The van der Waals surface area contributed by atoms with Gasteiger partial charge in [-0.1, -0.05) is 6.07 Å². The maximum atomic E-state index is 10.1. The van der Waals surface area contributed by atoms with Crippen molar-refractivity contribution in [3.05, 3.63) is 23.8 Å². The molecule has 13 heavy (non-hydrogen) atoms. The van der Waals surface area contributed by atoms with Gasteiger partial charge >= 0.3 is 0 Å². The van der Waals surface area contributed by atoms with Crippen LogP contribution in [0.1, 0.15) is 5.56 Å². The highest BCUT2D eigenvalue weighted by molar-refractivity contribution is 5.59. The summed E-state index contributed by atoms with van der Waals surface area (Å²) >= 11 is 0. The Hall–Kier alpha value is -1.55. The molecule has 0 aliphatic carbocycles. The van der Waals surface area contributed by atoms with Crippen molar-refractivity contribution in [1.82, 2.24) is 0 Å². The molecule has 1 unspecified atom stereocenters. The molecule has 4 N–H and O–H groups in total. The van der Waals surface area contributed by atoms with E-state index in [9.17, 15) is 4.79 Å². The minimum atomic E-state index is -0.691. The van der Waals surface area contributed by atoms with E-state index in [1.165, 1.54) is 12.1 Å². The van der Waals surface area contributed by atoms with E-state index < -0.39 is 6.04 Å². The summed E-state index contributed by atoms with van der Waals surface area (Å²) in [4.78, 5) is 10.1. The van der Waals surface area contributed by atoms with E-state index in [-0.39, 0.29) is 11.5 Å². The summed E-state index contributed by atoms with van der Waals surface area (Å²) in [5, 5.41) is 18.1. The number of carbonyl (C=O) groups excluding carboxylic acids is 1. The summed E-state index contributed by atoms with van der Waals surface area (Å²) in [6.45, 7) is 0. The van der Waals surface area contributed by atoms with Gasteiger partial charge in [0.1, 0.15) is 0 Å². The Balaban J connectivity index is 2.79. The van der Waals surface area contributed by atoms with E-state index in [0.717, 1.165) is 0 Å². The molecule has 4 heteroatoms. The molecule has 0 bridgehead atoms. The number of aromatic hydroxyl groups is 2. The van der Waals surface area contributed by atoms with E-state index in [1.54, 1.807) is 12.4 Å². The van der Waals surface area contributed by atoms with Gasteiger partial charge in [0.25, 0.3) is 0 Å². The number of hydrogen-bond acceptors (Lipinski definition) is 4. The van der Waals surface area contributed by atoms with Gasteiger partial charge in [0.05, 0.1) is 6.04 Å². The highest BCUT2D eigenvalue weighted by Crippen LogP contribution is 2.25. The third-order valence-corrected chi connectivity index (χ3v) is 1.65. The van der Waals surface area contributed by atoms with Gasteiger partial charge in [-0.2, -0.15) is 0 Å². The lowest BCUT2D eigenvalue weighted by Crippen LogP contribution is -2.23. The zero-order chi connectivity index (χ0) is 9.84. The molecule has 0 aliphatic heterocycles. The summed E-state index contributed by atoms with van der Waals surface area (Å²) in [5.74, 6) is -0.400. The fraction of sp³-hybridized carbons (Fsp3) is 0.222. The van der Waals surface area contributed by atoms with Crippen LogP contribution in [0.5, 0.6) is 11.5 Å². The third-order valence-electron chi connectivity index (χ3n) is 1.65. The molecule has 0 aromatic heterocycles. The standard InChI is InChI=1S/C9H10NO3/c10-7(5-11)3-6-1-2-8(12)9(13)4-6/h1-2,4,7,12-13H,3,10H2. The van der Waals surface area contributed by atoms with Crippen LogP contribution in [0.3, 0.4) is 0 Å². The van der Waals surface area contributed by atoms with Crippen molar-refractivity contribution in [3.63, 3.8) is 0 Å². The van der Waals surface area contributed by atoms with Gasteiger partial charge in [-0.3, -0.25) is 4.79 Å². The van der Waals surface area contributed by atoms with Crippen molar-refractivity contribution < 1.29 is 15.0 Å². The van der Waals surface area contributed by atoms with Crippen molar-refractivity contribution in [2.75, 3.05) is 0 Å². The normalized spacial score (nSPS) is 12.4. The Bertz CT molecular complexity index is 312. The average molecular weight is 180 g/mol. The van der Waals surface area contributed by atoms with Crippen LogP contribution in [0.2, 0.25) is 0 Å². The predicted molar refractivity (Wildman–Crippen MR) is 47.1 cm³/mol. The van der Waals surface area contributed by atoms with Crippen LogP contribution in [0.25, 0.3) is 0 Å². The van der Waals surface area contributed by atoms with Gasteiger partial charge in [0.2, 0.25) is 6.29 Å². The maximum Gasteiger partial charge on any atom is 0.217 e. The SMILES string of the molecule is NC([C]=O)Cc1ccc(O)c(O)c1. The van der Waals surface area contributed by atoms with Gasteiger partial charge < -0.3 is 15.9 Å². The van der Waals surface area contributed by atoms with Crippen LogP contribution in [0.4, 0.5) is 0 Å². The van der Waals surface area contributed by atoms with Gasteiger partial charge in [-0.15, -0.1) is 0 Å². The molecule has 69 valence electrons. The summed E-state index contributed by atoms with van der Waals surface area (Å²) in [6.07, 6.45) is 1.93. The molecule has 1 rings (SSSR count). The summed E-state index contributed by atoms with van der Waals surface area (Å²) < 4.78 is 0. The highest BCUT2D eigenvalue weighted by Gasteiger charge is 2.05. The molecule has 4 nitrogen and oxygen atoms in total. The van der Waals surface area contributed by atoms with Crippen molar-refractivity contribution in [1.29, 1.82) is 0 Å². The second kappa shape index (κ2) is 3.91. The molecular weight excluding hydrogens is 170 g/mol. The lowest BCUT2D eigenvalue weighted by atomic mass is 10.1. The van der Waals surface area contributed by atoms with Crippen molar-refractivity contribution in [2.45, 2.75) is 12.5 Å². The van der Waals surface area contributed by atoms with Crippen LogP contribution < -0.4 is 5.73 Å². The first-order chi connectivity index (χ1) is 6.13. The average Bonchev–Trinajstić information content (AvgIpc) is 2.11. The molecule has 0 saturated carbocycles. The van der Waals surface area contributed by atoms with E-state index in [1.807, 2.05) is 0 Å². The number of benzene rings is 1. The molecule has 1 aromatic rings. The molecule has 0 saturated heterocycles. The maximum absolute atomic E-state index is 10.1. The van der Waals surface area contributed by atoms with E-state index in [2.05, 4.69) is 0 Å². The fourth-order valence-electron chi connectivity index (χ4n) is 0.992. The van der Waals surface area contributed by atoms with Gasteiger partial charge in [0.15, 0.2) is 11.5 Å². The Morgan fingerprint density at radius 1 is 1.38 bits per heavy atom. The molecule has 0 amide bonds. The van der Waals surface area contributed by atoms with E-state index in [4.69, 9.17) is 15.9 Å². The van der Waals surface area contributed by atoms with E-state index in [0.29, 0.717) is 12.0 Å². The number of hydrogen-bond donors (Lipinski definition) is 3. The van der Waals surface area contributed by atoms with Crippen LogP contribution in [0.15, 0.2) is 18.2 Å². The van der Waals surface area contributed by atoms with Crippen LogP contribution in [-0.2, 0) is 11.2 Å². The Labute approximate surface area is 75.6 Å². The second-order valence-corrected chi connectivity index (χ2v) is 2.75.